The molecule has 1 atom stereocenters. The van der Waals surface area contributed by atoms with E-state index in [0.717, 1.165) is 22.4 Å². The molecule has 3 aromatic carbocycles. The lowest BCUT2D eigenvalue weighted by atomic mass is 10.0. The van der Waals surface area contributed by atoms with Crippen molar-refractivity contribution in [3.63, 3.8) is 0 Å². The van der Waals surface area contributed by atoms with E-state index in [1.807, 2.05) is 73.7 Å². The number of halogens is 2. The quantitative estimate of drug-likeness (QED) is 0.268. The summed E-state index contributed by atoms with van der Waals surface area (Å²) >= 11 is 13.6. The van der Waals surface area contributed by atoms with E-state index in [1.54, 1.807) is 28.8 Å². The van der Waals surface area contributed by atoms with Gasteiger partial charge in [-0.05, 0) is 53.9 Å². The highest BCUT2D eigenvalue weighted by atomic mass is 35.5. The summed E-state index contributed by atoms with van der Waals surface area (Å²) in [6.45, 7) is 2.91. The van der Waals surface area contributed by atoms with Gasteiger partial charge in [0.15, 0.2) is 0 Å². The number of carbonyl (C=O) groups excluding carboxylic acids is 2. The van der Waals surface area contributed by atoms with Gasteiger partial charge in [-0.15, -0.1) is 11.8 Å². The van der Waals surface area contributed by atoms with E-state index in [1.165, 1.54) is 0 Å². The molecule has 0 fully saturated rings. The maximum absolute atomic E-state index is 13.6. The first kappa shape index (κ1) is 27.1. The molecular weight excluding hydrogens is 499 g/mol. The van der Waals surface area contributed by atoms with E-state index in [2.05, 4.69) is 5.32 Å². The Morgan fingerprint density at radius 2 is 1.51 bits per heavy atom. The van der Waals surface area contributed by atoms with Crippen molar-refractivity contribution in [2.45, 2.75) is 43.7 Å². The zero-order chi connectivity index (χ0) is 25.0. The Balaban J connectivity index is 1.81. The SMILES string of the molecule is CCCNC(=O)[C@H](Cc1ccccc1)N(Cc1ccc(Cl)cc1)C(=O)CCSc1ccc(Cl)cc1. The molecule has 7 heteroatoms. The van der Waals surface area contributed by atoms with Crippen LogP contribution < -0.4 is 5.32 Å². The van der Waals surface area contributed by atoms with E-state index < -0.39 is 6.04 Å². The van der Waals surface area contributed by atoms with Crippen molar-refractivity contribution in [3.8, 4) is 0 Å². The summed E-state index contributed by atoms with van der Waals surface area (Å²) in [5.41, 5.74) is 1.93. The summed E-state index contributed by atoms with van der Waals surface area (Å²) in [5.74, 6) is 0.407. The molecule has 0 saturated carbocycles. The number of benzene rings is 3. The van der Waals surface area contributed by atoms with Crippen LogP contribution in [-0.2, 0) is 22.6 Å². The van der Waals surface area contributed by atoms with Crippen LogP contribution >= 0.6 is 35.0 Å². The largest absolute Gasteiger partial charge is 0.354 e. The van der Waals surface area contributed by atoms with Crippen molar-refractivity contribution in [2.24, 2.45) is 0 Å². The molecule has 0 radical (unpaired) electrons. The van der Waals surface area contributed by atoms with Crippen LogP contribution in [0.5, 0.6) is 0 Å². The number of hydrogen-bond acceptors (Lipinski definition) is 3. The van der Waals surface area contributed by atoms with Crippen molar-refractivity contribution in [3.05, 3.63) is 100 Å². The van der Waals surface area contributed by atoms with Crippen molar-refractivity contribution >= 4 is 46.8 Å². The predicted octanol–water partition coefficient (Wildman–Crippen LogP) is 6.64. The van der Waals surface area contributed by atoms with Gasteiger partial charge in [-0.3, -0.25) is 9.59 Å². The lowest BCUT2D eigenvalue weighted by Crippen LogP contribution is -2.50. The van der Waals surface area contributed by atoms with Gasteiger partial charge in [-0.1, -0.05) is 72.6 Å². The molecule has 0 aliphatic carbocycles. The van der Waals surface area contributed by atoms with Crippen molar-refractivity contribution in [1.82, 2.24) is 10.2 Å². The second-order valence-corrected chi connectivity index (χ2v) is 10.2. The summed E-state index contributed by atoms with van der Waals surface area (Å²) < 4.78 is 0. The lowest BCUT2D eigenvalue weighted by molar-refractivity contribution is -0.141. The second-order valence-electron chi connectivity index (χ2n) is 8.20. The lowest BCUT2D eigenvalue weighted by Gasteiger charge is -2.31. The normalized spacial score (nSPS) is 11.6. The standard InChI is InChI=1S/C28H30Cl2N2O2S/c1-2-17-31-28(34)26(19-21-6-4-3-5-7-21)32(20-22-8-10-23(29)11-9-22)27(33)16-18-35-25-14-12-24(30)13-15-25/h3-15,26H,2,16-20H2,1H3,(H,31,34)/t26-/m0/s1. The van der Waals surface area contributed by atoms with Crippen LogP contribution in [0.25, 0.3) is 0 Å². The molecule has 0 unspecified atom stereocenters. The van der Waals surface area contributed by atoms with Gasteiger partial charge in [0.1, 0.15) is 6.04 Å². The van der Waals surface area contributed by atoms with E-state index in [-0.39, 0.29) is 11.8 Å². The molecular formula is C28H30Cl2N2O2S. The van der Waals surface area contributed by atoms with Crippen LogP contribution in [0.1, 0.15) is 30.9 Å². The van der Waals surface area contributed by atoms with Gasteiger partial charge in [0.2, 0.25) is 11.8 Å². The zero-order valence-electron chi connectivity index (χ0n) is 19.8. The summed E-state index contributed by atoms with van der Waals surface area (Å²) in [4.78, 5) is 29.6. The molecule has 1 N–H and O–H groups in total. The van der Waals surface area contributed by atoms with E-state index in [0.29, 0.717) is 41.7 Å². The van der Waals surface area contributed by atoms with Crippen LogP contribution in [0.15, 0.2) is 83.8 Å². The smallest absolute Gasteiger partial charge is 0.243 e. The fraction of sp³-hybridized carbons (Fsp3) is 0.286. The highest BCUT2D eigenvalue weighted by Crippen LogP contribution is 2.23. The third-order valence-corrected chi connectivity index (χ3v) is 7.00. The minimum atomic E-state index is -0.618. The predicted molar refractivity (Wildman–Crippen MR) is 146 cm³/mol. The van der Waals surface area contributed by atoms with Crippen molar-refractivity contribution in [2.75, 3.05) is 12.3 Å². The Hall–Kier alpha value is -2.47. The first-order chi connectivity index (χ1) is 17.0. The topological polar surface area (TPSA) is 49.4 Å². The van der Waals surface area contributed by atoms with Crippen LogP contribution in [0.2, 0.25) is 10.0 Å². The highest BCUT2D eigenvalue weighted by Gasteiger charge is 2.30. The summed E-state index contributed by atoms with van der Waals surface area (Å²) in [6, 6.07) is 24.2. The minimum Gasteiger partial charge on any atom is -0.354 e. The van der Waals surface area contributed by atoms with Crippen molar-refractivity contribution in [1.29, 1.82) is 0 Å². The summed E-state index contributed by atoms with van der Waals surface area (Å²) in [5, 5.41) is 4.31. The Morgan fingerprint density at radius 3 is 2.14 bits per heavy atom. The molecule has 0 aromatic heterocycles. The van der Waals surface area contributed by atoms with Gasteiger partial charge in [0.25, 0.3) is 0 Å². The number of amides is 2. The molecule has 0 heterocycles. The van der Waals surface area contributed by atoms with Gasteiger partial charge in [0.05, 0.1) is 0 Å². The Kier molecular flexibility index (Phi) is 11.0. The fourth-order valence-electron chi connectivity index (χ4n) is 3.64. The van der Waals surface area contributed by atoms with Crippen LogP contribution in [0, 0.1) is 0 Å². The summed E-state index contributed by atoms with van der Waals surface area (Å²) in [7, 11) is 0. The Bertz CT molecular complexity index is 1080. The van der Waals surface area contributed by atoms with Gasteiger partial charge in [0, 0.05) is 46.6 Å². The number of carbonyl (C=O) groups is 2. The molecule has 0 bridgehead atoms. The third-order valence-electron chi connectivity index (χ3n) is 5.48. The second kappa shape index (κ2) is 14.2. The highest BCUT2D eigenvalue weighted by molar-refractivity contribution is 7.99. The fourth-order valence-corrected chi connectivity index (χ4v) is 4.73. The van der Waals surface area contributed by atoms with Crippen molar-refractivity contribution < 1.29 is 9.59 Å². The maximum Gasteiger partial charge on any atom is 0.243 e. The average molecular weight is 530 g/mol. The van der Waals surface area contributed by atoms with E-state index in [9.17, 15) is 9.59 Å². The van der Waals surface area contributed by atoms with Crippen LogP contribution in [0.4, 0.5) is 0 Å². The molecule has 0 aliphatic heterocycles. The number of nitrogens with zero attached hydrogens (tertiary/aromatic N) is 1. The van der Waals surface area contributed by atoms with Crippen LogP contribution in [0.3, 0.4) is 0 Å². The minimum absolute atomic E-state index is 0.0611. The molecule has 0 spiro atoms. The monoisotopic (exact) mass is 528 g/mol. The van der Waals surface area contributed by atoms with Crippen LogP contribution in [-0.4, -0.2) is 35.1 Å². The third kappa shape index (κ3) is 8.92. The van der Waals surface area contributed by atoms with Gasteiger partial charge in [-0.25, -0.2) is 0 Å². The number of nitrogens with one attached hydrogen (secondary N) is 1. The maximum atomic E-state index is 13.6. The van der Waals surface area contributed by atoms with Gasteiger partial charge < -0.3 is 10.2 Å². The number of thioether (sulfide) groups is 1. The zero-order valence-corrected chi connectivity index (χ0v) is 22.1. The Morgan fingerprint density at radius 1 is 0.886 bits per heavy atom. The number of hydrogen-bond donors (Lipinski definition) is 1. The molecule has 4 nitrogen and oxygen atoms in total. The Labute approximate surface area is 222 Å². The van der Waals surface area contributed by atoms with Gasteiger partial charge >= 0.3 is 0 Å². The van der Waals surface area contributed by atoms with Gasteiger partial charge in [-0.2, -0.15) is 0 Å². The van der Waals surface area contributed by atoms with E-state index >= 15 is 0 Å². The first-order valence-corrected chi connectivity index (χ1v) is 13.4. The molecule has 3 aromatic rings. The molecule has 184 valence electrons. The van der Waals surface area contributed by atoms with E-state index in [4.69, 9.17) is 23.2 Å². The molecule has 35 heavy (non-hydrogen) atoms. The average Bonchev–Trinajstić information content (AvgIpc) is 2.87. The molecule has 0 saturated heterocycles. The molecule has 3 rings (SSSR count). The number of rotatable bonds is 12. The first-order valence-electron chi connectivity index (χ1n) is 11.7. The molecule has 0 aliphatic rings. The molecule has 2 amide bonds. The summed E-state index contributed by atoms with van der Waals surface area (Å²) in [6.07, 6.45) is 1.58.